The first-order chi connectivity index (χ1) is 10.1. The van der Waals surface area contributed by atoms with Gasteiger partial charge in [0.05, 0.1) is 0 Å². The van der Waals surface area contributed by atoms with Crippen LogP contribution < -0.4 is 5.32 Å². The third kappa shape index (κ3) is 4.31. The SMILES string of the molecule is CCC1(CC)CCN(Cc2ccccc2CNC(C)C)C1. The van der Waals surface area contributed by atoms with Crippen LogP contribution in [0, 0.1) is 5.41 Å². The van der Waals surface area contributed by atoms with Gasteiger partial charge in [-0.1, -0.05) is 52.0 Å². The number of nitrogens with one attached hydrogen (secondary N) is 1. The maximum absolute atomic E-state index is 3.55. The van der Waals surface area contributed by atoms with E-state index < -0.39 is 0 Å². The number of nitrogens with zero attached hydrogens (tertiary/aromatic N) is 1. The van der Waals surface area contributed by atoms with Gasteiger partial charge in [0.1, 0.15) is 0 Å². The lowest BCUT2D eigenvalue weighted by molar-refractivity contribution is 0.236. The van der Waals surface area contributed by atoms with Gasteiger partial charge in [-0.25, -0.2) is 0 Å². The lowest BCUT2D eigenvalue weighted by Gasteiger charge is -2.27. The van der Waals surface area contributed by atoms with E-state index in [1.54, 1.807) is 0 Å². The first-order valence-electron chi connectivity index (χ1n) is 8.61. The zero-order valence-corrected chi connectivity index (χ0v) is 14.3. The van der Waals surface area contributed by atoms with E-state index in [4.69, 9.17) is 0 Å². The summed E-state index contributed by atoms with van der Waals surface area (Å²) in [6, 6.07) is 9.45. The summed E-state index contributed by atoms with van der Waals surface area (Å²) in [7, 11) is 0. The predicted molar refractivity (Wildman–Crippen MR) is 91.3 cm³/mol. The van der Waals surface area contributed by atoms with E-state index in [9.17, 15) is 0 Å². The van der Waals surface area contributed by atoms with Crippen LogP contribution >= 0.6 is 0 Å². The van der Waals surface area contributed by atoms with Crippen molar-refractivity contribution < 1.29 is 0 Å². The van der Waals surface area contributed by atoms with Crippen LogP contribution in [0.3, 0.4) is 0 Å². The normalized spacial score (nSPS) is 18.5. The second kappa shape index (κ2) is 7.42. The van der Waals surface area contributed by atoms with Gasteiger partial charge in [0.15, 0.2) is 0 Å². The maximum atomic E-state index is 3.55. The molecule has 2 heteroatoms. The zero-order chi connectivity index (χ0) is 15.3. The average Bonchev–Trinajstić information content (AvgIpc) is 2.90. The molecule has 0 unspecified atom stereocenters. The molecule has 2 nitrogen and oxygen atoms in total. The highest BCUT2D eigenvalue weighted by Crippen LogP contribution is 2.37. The Morgan fingerprint density at radius 1 is 1.14 bits per heavy atom. The first kappa shape index (κ1) is 16.5. The number of rotatable bonds is 7. The Morgan fingerprint density at radius 3 is 2.38 bits per heavy atom. The van der Waals surface area contributed by atoms with Gasteiger partial charge in [-0.3, -0.25) is 4.90 Å². The molecule has 1 heterocycles. The molecule has 1 aliphatic heterocycles. The van der Waals surface area contributed by atoms with Crippen LogP contribution in [0.1, 0.15) is 58.1 Å². The molecule has 0 aliphatic carbocycles. The molecule has 1 aliphatic rings. The van der Waals surface area contributed by atoms with Gasteiger partial charge in [-0.2, -0.15) is 0 Å². The second-order valence-electron chi connectivity index (χ2n) is 6.97. The van der Waals surface area contributed by atoms with Gasteiger partial charge >= 0.3 is 0 Å². The molecule has 21 heavy (non-hydrogen) atoms. The van der Waals surface area contributed by atoms with Crippen molar-refractivity contribution >= 4 is 0 Å². The summed E-state index contributed by atoms with van der Waals surface area (Å²) in [5.41, 5.74) is 3.52. The van der Waals surface area contributed by atoms with Gasteiger partial charge < -0.3 is 5.32 Å². The molecule has 1 fully saturated rings. The average molecular weight is 288 g/mol. The molecule has 1 aromatic carbocycles. The minimum Gasteiger partial charge on any atom is -0.310 e. The summed E-state index contributed by atoms with van der Waals surface area (Å²) in [6.45, 7) is 13.7. The highest BCUT2D eigenvalue weighted by Gasteiger charge is 2.34. The van der Waals surface area contributed by atoms with Crippen LogP contribution in [-0.4, -0.2) is 24.0 Å². The standard InChI is InChI=1S/C19H32N2/c1-5-19(6-2)11-12-21(15-19)14-18-10-8-7-9-17(18)13-20-16(3)4/h7-10,16,20H,5-6,11-15H2,1-4H3. The number of hydrogen-bond donors (Lipinski definition) is 1. The summed E-state index contributed by atoms with van der Waals surface area (Å²) in [6.07, 6.45) is 4.00. The van der Waals surface area contributed by atoms with Crippen LogP contribution in [0.2, 0.25) is 0 Å². The Morgan fingerprint density at radius 2 is 1.81 bits per heavy atom. The van der Waals surface area contributed by atoms with Gasteiger partial charge in [0.2, 0.25) is 0 Å². The molecule has 0 bridgehead atoms. The fraction of sp³-hybridized carbons (Fsp3) is 0.684. The predicted octanol–water partition coefficient (Wildman–Crippen LogP) is 4.20. The Balaban J connectivity index is 2.00. The van der Waals surface area contributed by atoms with Crippen molar-refractivity contribution in [2.45, 2.75) is 66.1 Å². The van der Waals surface area contributed by atoms with Crippen molar-refractivity contribution in [1.82, 2.24) is 10.2 Å². The van der Waals surface area contributed by atoms with Crippen molar-refractivity contribution in [1.29, 1.82) is 0 Å². The lowest BCUT2D eigenvalue weighted by Crippen LogP contribution is -2.27. The maximum Gasteiger partial charge on any atom is 0.0237 e. The smallest absolute Gasteiger partial charge is 0.0237 e. The molecule has 1 saturated heterocycles. The molecule has 118 valence electrons. The van der Waals surface area contributed by atoms with E-state index in [1.165, 1.54) is 43.5 Å². The highest BCUT2D eigenvalue weighted by atomic mass is 15.2. The van der Waals surface area contributed by atoms with Crippen molar-refractivity contribution in [3.63, 3.8) is 0 Å². The summed E-state index contributed by atoms with van der Waals surface area (Å²) in [5.74, 6) is 0. The van der Waals surface area contributed by atoms with Crippen LogP contribution in [0.4, 0.5) is 0 Å². The summed E-state index contributed by atoms with van der Waals surface area (Å²) in [5, 5.41) is 3.55. The minimum absolute atomic E-state index is 0.540. The summed E-state index contributed by atoms with van der Waals surface area (Å²) >= 11 is 0. The van der Waals surface area contributed by atoms with E-state index in [-0.39, 0.29) is 0 Å². The molecule has 0 spiro atoms. The molecule has 2 rings (SSSR count). The van der Waals surface area contributed by atoms with Gasteiger partial charge in [-0.05, 0) is 42.3 Å². The van der Waals surface area contributed by atoms with Gasteiger partial charge in [0.25, 0.3) is 0 Å². The van der Waals surface area contributed by atoms with Crippen molar-refractivity contribution in [2.75, 3.05) is 13.1 Å². The topological polar surface area (TPSA) is 15.3 Å². The third-order valence-corrected chi connectivity index (χ3v) is 5.23. The summed E-state index contributed by atoms with van der Waals surface area (Å²) < 4.78 is 0. The molecule has 0 amide bonds. The minimum atomic E-state index is 0.540. The molecular formula is C19H32N2. The lowest BCUT2D eigenvalue weighted by atomic mass is 9.82. The van der Waals surface area contributed by atoms with Crippen LogP contribution in [0.15, 0.2) is 24.3 Å². The fourth-order valence-corrected chi connectivity index (χ4v) is 3.43. The van der Waals surface area contributed by atoms with Crippen molar-refractivity contribution in [2.24, 2.45) is 5.41 Å². The Bertz CT molecular complexity index is 435. The molecule has 0 radical (unpaired) electrons. The van der Waals surface area contributed by atoms with E-state index in [0.29, 0.717) is 11.5 Å². The molecular weight excluding hydrogens is 256 g/mol. The summed E-state index contributed by atoms with van der Waals surface area (Å²) in [4.78, 5) is 2.65. The number of hydrogen-bond acceptors (Lipinski definition) is 2. The molecule has 1 N–H and O–H groups in total. The highest BCUT2D eigenvalue weighted by molar-refractivity contribution is 5.27. The van der Waals surface area contributed by atoms with Crippen molar-refractivity contribution in [3.05, 3.63) is 35.4 Å². The largest absolute Gasteiger partial charge is 0.310 e. The molecule has 0 saturated carbocycles. The fourth-order valence-electron chi connectivity index (χ4n) is 3.43. The van der Waals surface area contributed by atoms with Gasteiger partial charge in [0, 0.05) is 25.7 Å². The second-order valence-corrected chi connectivity index (χ2v) is 6.97. The Labute approximate surface area is 130 Å². The quantitative estimate of drug-likeness (QED) is 0.809. The van der Waals surface area contributed by atoms with Crippen molar-refractivity contribution in [3.8, 4) is 0 Å². The zero-order valence-electron chi connectivity index (χ0n) is 14.3. The van der Waals surface area contributed by atoms with E-state index >= 15 is 0 Å². The monoisotopic (exact) mass is 288 g/mol. The number of benzene rings is 1. The molecule has 0 atom stereocenters. The van der Waals surface area contributed by atoms with Crippen LogP contribution in [-0.2, 0) is 13.1 Å². The first-order valence-corrected chi connectivity index (χ1v) is 8.61. The number of likely N-dealkylation sites (tertiary alicyclic amines) is 1. The van der Waals surface area contributed by atoms with Crippen LogP contribution in [0.5, 0.6) is 0 Å². The Kier molecular flexibility index (Phi) is 5.83. The molecule has 0 aromatic heterocycles. The van der Waals surface area contributed by atoms with E-state index in [2.05, 4.69) is 62.2 Å². The van der Waals surface area contributed by atoms with E-state index in [0.717, 1.165) is 13.1 Å². The Hall–Kier alpha value is -0.860. The molecule has 1 aromatic rings. The van der Waals surface area contributed by atoms with E-state index in [1.807, 2.05) is 0 Å². The van der Waals surface area contributed by atoms with Crippen LogP contribution in [0.25, 0.3) is 0 Å². The van der Waals surface area contributed by atoms with Gasteiger partial charge in [-0.15, -0.1) is 0 Å². The third-order valence-electron chi connectivity index (χ3n) is 5.23.